The summed E-state index contributed by atoms with van der Waals surface area (Å²) in [6, 6.07) is 20.6. The van der Waals surface area contributed by atoms with Gasteiger partial charge < -0.3 is 20.1 Å². The number of rotatable bonds is 9. The maximum absolute atomic E-state index is 6.00. The van der Waals surface area contributed by atoms with Crippen molar-refractivity contribution in [1.29, 1.82) is 0 Å². The van der Waals surface area contributed by atoms with E-state index in [1.54, 1.807) is 0 Å². The third-order valence-corrected chi connectivity index (χ3v) is 4.84. The zero-order chi connectivity index (χ0) is 17.3. The van der Waals surface area contributed by atoms with Crippen LogP contribution >= 0.6 is 0 Å². The highest BCUT2D eigenvalue weighted by atomic mass is 16.5. The quantitative estimate of drug-likeness (QED) is 0.713. The van der Waals surface area contributed by atoms with Gasteiger partial charge in [-0.25, -0.2) is 0 Å². The Morgan fingerprint density at radius 3 is 2.32 bits per heavy atom. The summed E-state index contributed by atoms with van der Waals surface area (Å²) < 4.78 is 11.4. The molecule has 4 nitrogen and oxygen atoms in total. The maximum atomic E-state index is 6.00. The average Bonchev–Trinajstić information content (AvgIpc) is 3.09. The zero-order valence-electron chi connectivity index (χ0n) is 14.7. The lowest BCUT2D eigenvalue weighted by atomic mass is 9.89. The van der Waals surface area contributed by atoms with Crippen molar-refractivity contribution in [3.8, 4) is 5.75 Å². The number of hydrogen-bond donors (Lipinski definition) is 1. The molecule has 2 N–H and O–H groups in total. The van der Waals surface area contributed by atoms with Gasteiger partial charge in [0.15, 0.2) is 0 Å². The normalized spacial score (nSPS) is 20.7. The van der Waals surface area contributed by atoms with E-state index in [9.17, 15) is 0 Å². The van der Waals surface area contributed by atoms with Gasteiger partial charge in [0.25, 0.3) is 0 Å². The highest BCUT2D eigenvalue weighted by Gasteiger charge is 2.32. The smallest absolute Gasteiger partial charge is 0.119 e. The van der Waals surface area contributed by atoms with Crippen LogP contribution in [0.25, 0.3) is 0 Å². The Morgan fingerprint density at radius 2 is 1.60 bits per heavy atom. The number of nitrogens with two attached hydrogens (primary N) is 1. The van der Waals surface area contributed by atoms with Crippen molar-refractivity contribution in [2.75, 3.05) is 46.0 Å². The number of hydrogen-bond acceptors (Lipinski definition) is 4. The van der Waals surface area contributed by atoms with E-state index in [0.29, 0.717) is 25.0 Å². The van der Waals surface area contributed by atoms with Crippen LogP contribution in [0.15, 0.2) is 60.7 Å². The molecule has 0 unspecified atom stereocenters. The Hall–Kier alpha value is -1.88. The standard InChI is InChI=1S/C21H28N2O2/c22-15-19-16-23(17-21(19)18-7-3-1-4-8-18)11-12-24-13-14-25-20-9-5-2-6-10-20/h1-10,19,21H,11-17,22H2/t19-,21+/m1/s1. The molecule has 0 amide bonds. The number of ether oxygens (including phenoxy) is 2. The molecule has 4 heteroatoms. The Labute approximate surface area is 150 Å². The SMILES string of the molecule is NC[C@@H]1CN(CCOCCOc2ccccc2)C[C@H]1c1ccccc1. The monoisotopic (exact) mass is 340 g/mol. The largest absolute Gasteiger partial charge is 0.491 e. The summed E-state index contributed by atoms with van der Waals surface area (Å²) in [5.41, 5.74) is 7.40. The summed E-state index contributed by atoms with van der Waals surface area (Å²) in [5.74, 6) is 1.96. The number of para-hydroxylation sites is 1. The van der Waals surface area contributed by atoms with Crippen LogP contribution in [0.3, 0.4) is 0 Å². The van der Waals surface area contributed by atoms with Gasteiger partial charge in [0.05, 0.1) is 13.2 Å². The number of benzene rings is 2. The highest BCUT2D eigenvalue weighted by Crippen LogP contribution is 2.31. The summed E-state index contributed by atoms with van der Waals surface area (Å²) >= 11 is 0. The third kappa shape index (κ3) is 5.30. The van der Waals surface area contributed by atoms with Crippen molar-refractivity contribution in [3.05, 3.63) is 66.2 Å². The maximum Gasteiger partial charge on any atom is 0.119 e. The van der Waals surface area contributed by atoms with Crippen LogP contribution in [-0.4, -0.2) is 50.9 Å². The number of nitrogens with zero attached hydrogens (tertiary/aromatic N) is 1. The molecule has 1 aliphatic heterocycles. The lowest BCUT2D eigenvalue weighted by Crippen LogP contribution is -2.27. The molecule has 3 rings (SSSR count). The predicted octanol–water partition coefficient (Wildman–Crippen LogP) is 2.76. The van der Waals surface area contributed by atoms with E-state index < -0.39 is 0 Å². The second-order valence-electron chi connectivity index (χ2n) is 6.55. The van der Waals surface area contributed by atoms with Crippen molar-refractivity contribution in [1.82, 2.24) is 4.90 Å². The van der Waals surface area contributed by atoms with Crippen LogP contribution in [0.4, 0.5) is 0 Å². The van der Waals surface area contributed by atoms with E-state index in [0.717, 1.165) is 38.5 Å². The lowest BCUT2D eigenvalue weighted by molar-refractivity contribution is 0.0838. The van der Waals surface area contributed by atoms with Gasteiger partial charge >= 0.3 is 0 Å². The fraction of sp³-hybridized carbons (Fsp3) is 0.429. The molecule has 0 bridgehead atoms. The first-order valence-corrected chi connectivity index (χ1v) is 9.10. The first kappa shape index (κ1) is 17.9. The molecule has 1 fully saturated rings. The fourth-order valence-corrected chi connectivity index (χ4v) is 3.49. The Bertz CT molecular complexity index is 606. The molecule has 1 aliphatic rings. The predicted molar refractivity (Wildman–Crippen MR) is 101 cm³/mol. The van der Waals surface area contributed by atoms with E-state index in [2.05, 4.69) is 35.2 Å². The molecule has 1 heterocycles. The zero-order valence-corrected chi connectivity index (χ0v) is 14.7. The Balaban J connectivity index is 1.35. The minimum Gasteiger partial charge on any atom is -0.491 e. The second kappa shape index (κ2) is 9.56. The molecule has 2 aromatic rings. The van der Waals surface area contributed by atoms with Gasteiger partial charge in [0.1, 0.15) is 12.4 Å². The Kier molecular flexibility index (Phi) is 6.86. The van der Waals surface area contributed by atoms with Crippen LogP contribution in [0.2, 0.25) is 0 Å². The van der Waals surface area contributed by atoms with E-state index >= 15 is 0 Å². The molecule has 0 saturated carbocycles. The van der Waals surface area contributed by atoms with Crippen molar-refractivity contribution >= 4 is 0 Å². The molecule has 134 valence electrons. The number of likely N-dealkylation sites (tertiary alicyclic amines) is 1. The summed E-state index contributed by atoms with van der Waals surface area (Å²) in [5, 5.41) is 0. The molecule has 0 aromatic heterocycles. The third-order valence-electron chi connectivity index (χ3n) is 4.84. The molecule has 2 atom stereocenters. The minimum absolute atomic E-state index is 0.531. The molecule has 2 aromatic carbocycles. The molecular formula is C21H28N2O2. The van der Waals surface area contributed by atoms with Crippen molar-refractivity contribution in [3.63, 3.8) is 0 Å². The minimum atomic E-state index is 0.531. The topological polar surface area (TPSA) is 47.7 Å². The second-order valence-corrected chi connectivity index (χ2v) is 6.55. The van der Waals surface area contributed by atoms with E-state index in [-0.39, 0.29) is 0 Å². The van der Waals surface area contributed by atoms with Gasteiger partial charge in [0.2, 0.25) is 0 Å². The molecule has 25 heavy (non-hydrogen) atoms. The van der Waals surface area contributed by atoms with Crippen molar-refractivity contribution in [2.24, 2.45) is 11.7 Å². The molecular weight excluding hydrogens is 312 g/mol. The van der Waals surface area contributed by atoms with Crippen LogP contribution in [0.1, 0.15) is 11.5 Å². The molecule has 1 saturated heterocycles. The van der Waals surface area contributed by atoms with E-state index in [4.69, 9.17) is 15.2 Å². The van der Waals surface area contributed by atoms with Crippen LogP contribution in [0.5, 0.6) is 5.75 Å². The van der Waals surface area contributed by atoms with Gasteiger partial charge in [-0.2, -0.15) is 0 Å². The lowest BCUT2D eigenvalue weighted by Gasteiger charge is -2.17. The molecule has 0 spiro atoms. The fourth-order valence-electron chi connectivity index (χ4n) is 3.49. The molecule has 0 radical (unpaired) electrons. The van der Waals surface area contributed by atoms with Crippen LogP contribution in [0, 0.1) is 5.92 Å². The Morgan fingerprint density at radius 1 is 0.880 bits per heavy atom. The highest BCUT2D eigenvalue weighted by molar-refractivity contribution is 5.22. The summed E-state index contributed by atoms with van der Waals surface area (Å²) in [4.78, 5) is 2.47. The first-order chi connectivity index (χ1) is 12.4. The van der Waals surface area contributed by atoms with Gasteiger partial charge in [-0.15, -0.1) is 0 Å². The van der Waals surface area contributed by atoms with Gasteiger partial charge in [-0.3, -0.25) is 0 Å². The van der Waals surface area contributed by atoms with Crippen LogP contribution < -0.4 is 10.5 Å². The van der Waals surface area contributed by atoms with E-state index in [1.807, 2.05) is 30.3 Å². The summed E-state index contributed by atoms with van der Waals surface area (Å²) in [7, 11) is 0. The van der Waals surface area contributed by atoms with Crippen LogP contribution in [-0.2, 0) is 4.74 Å². The van der Waals surface area contributed by atoms with Gasteiger partial charge in [-0.1, -0.05) is 48.5 Å². The van der Waals surface area contributed by atoms with Gasteiger partial charge in [0, 0.05) is 25.6 Å². The van der Waals surface area contributed by atoms with Crippen molar-refractivity contribution < 1.29 is 9.47 Å². The van der Waals surface area contributed by atoms with E-state index in [1.165, 1.54) is 5.56 Å². The van der Waals surface area contributed by atoms with Crippen molar-refractivity contribution in [2.45, 2.75) is 5.92 Å². The summed E-state index contributed by atoms with van der Waals surface area (Å²) in [6.45, 7) is 5.74. The first-order valence-electron chi connectivity index (χ1n) is 9.10. The molecule has 0 aliphatic carbocycles. The summed E-state index contributed by atoms with van der Waals surface area (Å²) in [6.07, 6.45) is 0. The average molecular weight is 340 g/mol. The van der Waals surface area contributed by atoms with Gasteiger partial charge in [-0.05, 0) is 30.2 Å².